The first-order chi connectivity index (χ1) is 7.88. The first kappa shape index (κ1) is 10.7. The molecule has 0 amide bonds. The maximum atomic E-state index is 4.95. The van der Waals surface area contributed by atoms with E-state index in [1.54, 1.807) is 4.88 Å². The molecule has 1 aromatic heterocycles. The number of likely N-dealkylation sites (N-methyl/N-ethyl adjacent to an activating group) is 1. The highest BCUT2D eigenvalue weighted by Gasteiger charge is 2.28. The zero-order chi connectivity index (χ0) is 11.0. The van der Waals surface area contributed by atoms with E-state index >= 15 is 0 Å². The number of aromatic nitrogens is 1. The third-order valence-electron chi connectivity index (χ3n) is 3.99. The predicted molar refractivity (Wildman–Crippen MR) is 68.3 cm³/mol. The molecule has 16 heavy (non-hydrogen) atoms. The molecular weight excluding hydrogens is 216 g/mol. The zero-order valence-electron chi connectivity index (χ0n) is 9.96. The second-order valence-corrected chi connectivity index (χ2v) is 6.25. The maximum Gasteiger partial charge on any atom is 0.0962 e. The first-order valence-electron chi connectivity index (χ1n) is 6.52. The van der Waals surface area contributed by atoms with Gasteiger partial charge in [-0.2, -0.15) is 0 Å². The van der Waals surface area contributed by atoms with Gasteiger partial charge in [0.15, 0.2) is 0 Å². The largest absolute Gasteiger partial charge is 0.319 e. The van der Waals surface area contributed by atoms with Crippen LogP contribution in [-0.4, -0.2) is 18.6 Å². The average Bonchev–Trinajstić information content (AvgIpc) is 2.59. The summed E-state index contributed by atoms with van der Waals surface area (Å²) in [6.45, 7) is 1.10. The second kappa shape index (κ2) is 4.46. The van der Waals surface area contributed by atoms with Gasteiger partial charge in [-0.15, -0.1) is 11.3 Å². The highest BCUT2D eigenvalue weighted by atomic mass is 32.1. The van der Waals surface area contributed by atoms with Crippen LogP contribution >= 0.6 is 11.3 Å². The molecule has 2 aliphatic carbocycles. The summed E-state index contributed by atoms with van der Waals surface area (Å²) in [5.74, 6) is 1.49. The molecule has 0 aliphatic heterocycles. The van der Waals surface area contributed by atoms with Crippen molar-refractivity contribution in [2.75, 3.05) is 13.6 Å². The van der Waals surface area contributed by atoms with Crippen molar-refractivity contribution in [2.24, 2.45) is 0 Å². The van der Waals surface area contributed by atoms with Crippen LogP contribution in [0.3, 0.4) is 0 Å². The van der Waals surface area contributed by atoms with E-state index in [4.69, 9.17) is 4.98 Å². The quantitative estimate of drug-likeness (QED) is 0.872. The summed E-state index contributed by atoms with van der Waals surface area (Å²) in [5, 5.41) is 4.75. The minimum atomic E-state index is 0.679. The number of nitrogens with one attached hydrogen (secondary N) is 1. The standard InChI is InChI=1S/C13H20N2S/c1-14-8-10-6-3-7-11-12(10)15-13(16-11)9-4-2-5-9/h9-10,14H,2-8H2,1H3. The van der Waals surface area contributed by atoms with E-state index in [1.807, 2.05) is 18.4 Å². The molecule has 0 saturated heterocycles. The van der Waals surface area contributed by atoms with Crippen molar-refractivity contribution < 1.29 is 0 Å². The van der Waals surface area contributed by atoms with E-state index in [2.05, 4.69) is 5.32 Å². The van der Waals surface area contributed by atoms with Crippen molar-refractivity contribution in [3.8, 4) is 0 Å². The molecule has 1 fully saturated rings. The molecule has 1 heterocycles. The van der Waals surface area contributed by atoms with E-state index in [0.29, 0.717) is 5.92 Å². The van der Waals surface area contributed by atoms with Crippen LogP contribution in [0, 0.1) is 0 Å². The highest BCUT2D eigenvalue weighted by molar-refractivity contribution is 7.11. The molecule has 2 nitrogen and oxygen atoms in total. The van der Waals surface area contributed by atoms with Crippen molar-refractivity contribution in [3.05, 3.63) is 15.6 Å². The summed E-state index contributed by atoms with van der Waals surface area (Å²) in [6, 6.07) is 0. The number of thiazole rings is 1. The average molecular weight is 236 g/mol. The molecular formula is C13H20N2S. The predicted octanol–water partition coefficient (Wildman–Crippen LogP) is 3.05. The maximum absolute atomic E-state index is 4.95. The lowest BCUT2D eigenvalue weighted by Gasteiger charge is -2.22. The smallest absolute Gasteiger partial charge is 0.0962 e. The van der Waals surface area contributed by atoms with Crippen LogP contribution in [0.2, 0.25) is 0 Å². The van der Waals surface area contributed by atoms with Gasteiger partial charge in [0, 0.05) is 23.3 Å². The first-order valence-corrected chi connectivity index (χ1v) is 7.34. The van der Waals surface area contributed by atoms with Crippen molar-refractivity contribution in [1.29, 1.82) is 0 Å². The third kappa shape index (κ3) is 1.80. The SMILES string of the molecule is CNCC1CCCc2sc(C3CCC3)nc21. The van der Waals surface area contributed by atoms with Gasteiger partial charge in [-0.25, -0.2) is 4.98 Å². The highest BCUT2D eigenvalue weighted by Crippen LogP contribution is 2.42. The summed E-state index contributed by atoms with van der Waals surface area (Å²) >= 11 is 2.01. The van der Waals surface area contributed by atoms with E-state index < -0.39 is 0 Å². The Balaban J connectivity index is 1.85. The van der Waals surface area contributed by atoms with Gasteiger partial charge in [0.25, 0.3) is 0 Å². The van der Waals surface area contributed by atoms with Crippen molar-refractivity contribution in [2.45, 2.75) is 50.4 Å². The van der Waals surface area contributed by atoms with Gasteiger partial charge in [-0.1, -0.05) is 6.42 Å². The number of rotatable bonds is 3. The third-order valence-corrected chi connectivity index (χ3v) is 5.29. The second-order valence-electron chi connectivity index (χ2n) is 5.14. The van der Waals surface area contributed by atoms with Crippen LogP contribution < -0.4 is 5.32 Å². The van der Waals surface area contributed by atoms with E-state index in [9.17, 15) is 0 Å². The molecule has 0 spiro atoms. The van der Waals surface area contributed by atoms with Crippen molar-refractivity contribution in [3.63, 3.8) is 0 Å². The fraction of sp³-hybridized carbons (Fsp3) is 0.769. The molecule has 1 atom stereocenters. The number of hydrogen-bond donors (Lipinski definition) is 1. The van der Waals surface area contributed by atoms with Gasteiger partial charge in [-0.3, -0.25) is 0 Å². The summed E-state index contributed by atoms with van der Waals surface area (Å²) in [4.78, 5) is 6.54. The van der Waals surface area contributed by atoms with Gasteiger partial charge >= 0.3 is 0 Å². The molecule has 3 heteroatoms. The molecule has 1 saturated carbocycles. The van der Waals surface area contributed by atoms with Crippen LogP contribution in [0.15, 0.2) is 0 Å². The Hall–Kier alpha value is -0.410. The fourth-order valence-corrected chi connectivity index (χ4v) is 4.16. The lowest BCUT2D eigenvalue weighted by atomic mass is 9.86. The molecule has 2 aliphatic rings. The molecule has 0 bridgehead atoms. The van der Waals surface area contributed by atoms with E-state index in [0.717, 1.165) is 12.5 Å². The Bertz CT molecular complexity index is 368. The molecule has 0 radical (unpaired) electrons. The minimum Gasteiger partial charge on any atom is -0.319 e. The minimum absolute atomic E-state index is 0.679. The van der Waals surface area contributed by atoms with Crippen LogP contribution in [-0.2, 0) is 6.42 Å². The Morgan fingerprint density at radius 1 is 1.31 bits per heavy atom. The Morgan fingerprint density at radius 2 is 2.19 bits per heavy atom. The topological polar surface area (TPSA) is 24.9 Å². The Labute approximate surface area is 101 Å². The van der Waals surface area contributed by atoms with Crippen LogP contribution in [0.25, 0.3) is 0 Å². The molecule has 1 unspecified atom stereocenters. The van der Waals surface area contributed by atoms with Gasteiger partial charge in [0.2, 0.25) is 0 Å². The summed E-state index contributed by atoms with van der Waals surface area (Å²) in [6.07, 6.45) is 8.12. The summed E-state index contributed by atoms with van der Waals surface area (Å²) in [5.41, 5.74) is 1.44. The van der Waals surface area contributed by atoms with Crippen molar-refractivity contribution in [1.82, 2.24) is 10.3 Å². The Kier molecular flexibility index (Phi) is 2.99. The number of hydrogen-bond acceptors (Lipinski definition) is 3. The normalized spacial score (nSPS) is 25.2. The van der Waals surface area contributed by atoms with Gasteiger partial charge < -0.3 is 5.32 Å². The van der Waals surface area contributed by atoms with Crippen LogP contribution in [0.4, 0.5) is 0 Å². The number of nitrogens with zero attached hydrogens (tertiary/aromatic N) is 1. The lowest BCUT2D eigenvalue weighted by Crippen LogP contribution is -2.21. The van der Waals surface area contributed by atoms with Gasteiger partial charge in [-0.05, 0) is 39.2 Å². The molecule has 3 rings (SSSR count). The fourth-order valence-electron chi connectivity index (χ4n) is 2.80. The van der Waals surface area contributed by atoms with Gasteiger partial charge in [0.1, 0.15) is 0 Å². The zero-order valence-corrected chi connectivity index (χ0v) is 10.8. The summed E-state index contributed by atoms with van der Waals surface area (Å²) in [7, 11) is 2.05. The Morgan fingerprint density at radius 3 is 2.88 bits per heavy atom. The molecule has 0 aromatic carbocycles. The van der Waals surface area contributed by atoms with Crippen LogP contribution in [0.5, 0.6) is 0 Å². The molecule has 1 aromatic rings. The van der Waals surface area contributed by atoms with E-state index in [-0.39, 0.29) is 0 Å². The van der Waals surface area contributed by atoms with E-state index in [1.165, 1.54) is 49.2 Å². The molecule has 88 valence electrons. The number of aryl methyl sites for hydroxylation is 1. The van der Waals surface area contributed by atoms with Crippen molar-refractivity contribution >= 4 is 11.3 Å². The summed E-state index contributed by atoms with van der Waals surface area (Å²) < 4.78 is 0. The lowest BCUT2D eigenvalue weighted by molar-refractivity contribution is 0.416. The number of fused-ring (bicyclic) bond motifs is 1. The van der Waals surface area contributed by atoms with Crippen LogP contribution in [0.1, 0.15) is 59.5 Å². The monoisotopic (exact) mass is 236 g/mol. The molecule has 1 N–H and O–H groups in total. The van der Waals surface area contributed by atoms with Gasteiger partial charge in [0.05, 0.1) is 10.7 Å².